The van der Waals surface area contributed by atoms with Crippen LogP contribution in [-0.2, 0) is 11.8 Å². The van der Waals surface area contributed by atoms with Gasteiger partial charge in [0.2, 0.25) is 5.95 Å². The van der Waals surface area contributed by atoms with E-state index in [1.807, 2.05) is 54.1 Å². The number of anilines is 2. The van der Waals surface area contributed by atoms with Crippen LogP contribution in [0.15, 0.2) is 52.4 Å². The van der Waals surface area contributed by atoms with Gasteiger partial charge in [0.25, 0.3) is 5.91 Å². The highest BCUT2D eigenvalue weighted by Gasteiger charge is 2.22. The van der Waals surface area contributed by atoms with E-state index in [9.17, 15) is 4.79 Å². The summed E-state index contributed by atoms with van der Waals surface area (Å²) in [6, 6.07) is 13.1. The number of benzene rings is 2. The molecule has 1 amide bonds. The maximum Gasteiger partial charge on any atom is 0.286 e. The lowest BCUT2D eigenvalue weighted by Crippen LogP contribution is -2.09. The maximum absolute atomic E-state index is 12.3. The summed E-state index contributed by atoms with van der Waals surface area (Å²) >= 11 is 7.43. The highest BCUT2D eigenvalue weighted by Crippen LogP contribution is 2.31. The molecule has 0 saturated heterocycles. The molecule has 0 spiro atoms. The first-order valence-electron chi connectivity index (χ1n) is 8.90. The quantitative estimate of drug-likeness (QED) is 0.537. The monoisotopic (exact) mass is 427 g/mol. The number of thioether (sulfide) groups is 1. The molecule has 1 aromatic heterocycles. The molecule has 29 heavy (non-hydrogen) atoms. The van der Waals surface area contributed by atoms with Crippen LogP contribution < -0.4 is 10.6 Å². The Morgan fingerprint density at radius 2 is 2.10 bits per heavy atom. The third kappa shape index (κ3) is 4.14. The lowest BCUT2D eigenvalue weighted by molar-refractivity contribution is -0.113. The number of fused-ring (bicyclic) bond motifs is 1. The molecule has 148 valence electrons. The SMILES string of the molecule is Cn1c(NCCO)nc2ccc(C=C3SC(Nc4ccccc4Cl)=NC3=O)cc21. The van der Waals surface area contributed by atoms with Crippen LogP contribution in [-0.4, -0.2) is 38.9 Å². The van der Waals surface area contributed by atoms with Crippen molar-refractivity contribution in [3.8, 4) is 0 Å². The first-order valence-corrected chi connectivity index (χ1v) is 10.1. The number of halogens is 1. The van der Waals surface area contributed by atoms with Crippen LogP contribution in [0.3, 0.4) is 0 Å². The summed E-state index contributed by atoms with van der Waals surface area (Å²) in [6.07, 6.45) is 1.81. The zero-order chi connectivity index (χ0) is 20.4. The predicted octanol–water partition coefficient (Wildman–Crippen LogP) is 3.71. The molecule has 0 saturated carbocycles. The minimum Gasteiger partial charge on any atom is -0.395 e. The largest absolute Gasteiger partial charge is 0.395 e. The highest BCUT2D eigenvalue weighted by molar-refractivity contribution is 8.18. The number of aliphatic hydroxyl groups excluding tert-OH is 1. The lowest BCUT2D eigenvalue weighted by atomic mass is 10.2. The number of hydrogen-bond donors (Lipinski definition) is 3. The van der Waals surface area contributed by atoms with Crippen molar-refractivity contribution >= 4 is 63.2 Å². The lowest BCUT2D eigenvalue weighted by Gasteiger charge is -2.06. The molecule has 0 fully saturated rings. The van der Waals surface area contributed by atoms with Gasteiger partial charge in [-0.05, 0) is 47.7 Å². The van der Waals surface area contributed by atoms with Crippen LogP contribution in [0, 0.1) is 0 Å². The van der Waals surface area contributed by atoms with Crippen LogP contribution in [0.2, 0.25) is 5.02 Å². The molecule has 9 heteroatoms. The minimum atomic E-state index is -0.292. The van der Waals surface area contributed by atoms with E-state index < -0.39 is 0 Å². The number of carbonyl (C=O) groups excluding carboxylic acids is 1. The molecule has 0 radical (unpaired) electrons. The van der Waals surface area contributed by atoms with E-state index in [4.69, 9.17) is 16.7 Å². The number of aliphatic imine (C=N–C) groups is 1. The second kappa shape index (κ2) is 8.28. The van der Waals surface area contributed by atoms with Crippen molar-refractivity contribution in [2.24, 2.45) is 12.0 Å². The van der Waals surface area contributed by atoms with Crippen molar-refractivity contribution in [1.29, 1.82) is 0 Å². The first kappa shape index (κ1) is 19.5. The molecule has 2 heterocycles. The molecular weight excluding hydrogens is 410 g/mol. The standard InChI is InChI=1S/C20H18ClN5O2S/c1-26-16-10-12(6-7-15(16)23-19(26)22-8-9-27)11-17-18(28)25-20(29-17)24-14-5-3-2-4-13(14)21/h2-7,10-11,27H,8-9H2,1H3,(H,22,23)(H,24,25,28). The number of nitrogens with zero attached hydrogens (tertiary/aromatic N) is 3. The van der Waals surface area contributed by atoms with Gasteiger partial charge in [-0.25, -0.2) is 4.98 Å². The van der Waals surface area contributed by atoms with Gasteiger partial charge in [-0.15, -0.1) is 0 Å². The Morgan fingerprint density at radius 3 is 2.90 bits per heavy atom. The Kier molecular flexibility index (Phi) is 5.57. The van der Waals surface area contributed by atoms with Crippen LogP contribution in [0.1, 0.15) is 5.56 Å². The van der Waals surface area contributed by atoms with Gasteiger partial charge in [-0.2, -0.15) is 4.99 Å². The number of amidine groups is 1. The van der Waals surface area contributed by atoms with Crippen molar-refractivity contribution in [2.75, 3.05) is 23.8 Å². The van der Waals surface area contributed by atoms with E-state index in [1.54, 1.807) is 6.07 Å². The van der Waals surface area contributed by atoms with E-state index in [0.29, 0.717) is 33.3 Å². The summed E-state index contributed by atoms with van der Waals surface area (Å²) in [5.74, 6) is 0.389. The second-order valence-electron chi connectivity index (χ2n) is 6.33. The third-order valence-electron chi connectivity index (χ3n) is 4.33. The van der Waals surface area contributed by atoms with Crippen molar-refractivity contribution in [1.82, 2.24) is 9.55 Å². The number of hydrogen-bond acceptors (Lipinski definition) is 6. The van der Waals surface area contributed by atoms with Crippen LogP contribution in [0.4, 0.5) is 11.6 Å². The highest BCUT2D eigenvalue weighted by atomic mass is 35.5. The van der Waals surface area contributed by atoms with E-state index in [2.05, 4.69) is 20.6 Å². The molecule has 3 N–H and O–H groups in total. The number of rotatable bonds is 5. The topological polar surface area (TPSA) is 91.5 Å². The summed E-state index contributed by atoms with van der Waals surface area (Å²) in [6.45, 7) is 0.461. The minimum absolute atomic E-state index is 0.0322. The van der Waals surface area contributed by atoms with Crippen molar-refractivity contribution in [3.63, 3.8) is 0 Å². The molecule has 2 aromatic carbocycles. The Morgan fingerprint density at radius 1 is 1.28 bits per heavy atom. The molecule has 0 bridgehead atoms. The van der Waals surface area contributed by atoms with E-state index in [-0.39, 0.29) is 12.5 Å². The zero-order valence-corrected chi connectivity index (χ0v) is 17.1. The molecule has 1 aliphatic heterocycles. The molecule has 0 atom stereocenters. The number of carbonyl (C=O) groups is 1. The molecular formula is C20H18ClN5O2S. The fourth-order valence-corrected chi connectivity index (χ4v) is 3.92. The van der Waals surface area contributed by atoms with E-state index in [0.717, 1.165) is 16.6 Å². The van der Waals surface area contributed by atoms with Crippen LogP contribution in [0.25, 0.3) is 17.1 Å². The number of imidazole rings is 1. The Labute approximate surface area is 176 Å². The predicted molar refractivity (Wildman–Crippen MR) is 119 cm³/mol. The van der Waals surface area contributed by atoms with Gasteiger partial charge < -0.3 is 20.3 Å². The van der Waals surface area contributed by atoms with Crippen LogP contribution >= 0.6 is 23.4 Å². The molecule has 7 nitrogen and oxygen atoms in total. The molecule has 0 aliphatic carbocycles. The Bertz CT molecular complexity index is 1150. The summed E-state index contributed by atoms with van der Waals surface area (Å²) in [5.41, 5.74) is 3.33. The number of para-hydroxylation sites is 1. The van der Waals surface area contributed by atoms with Gasteiger partial charge in [0.1, 0.15) is 0 Å². The van der Waals surface area contributed by atoms with Gasteiger partial charge in [0, 0.05) is 13.6 Å². The Balaban J connectivity index is 1.55. The molecule has 0 unspecified atom stereocenters. The fraction of sp³-hybridized carbons (Fsp3) is 0.150. The van der Waals surface area contributed by atoms with Crippen molar-refractivity contribution in [2.45, 2.75) is 0 Å². The summed E-state index contributed by atoms with van der Waals surface area (Å²) in [7, 11) is 1.90. The maximum atomic E-state index is 12.3. The average Bonchev–Trinajstić information content (AvgIpc) is 3.21. The summed E-state index contributed by atoms with van der Waals surface area (Å²) in [5, 5.41) is 16.2. The van der Waals surface area contributed by atoms with E-state index in [1.165, 1.54) is 11.8 Å². The average molecular weight is 428 g/mol. The number of aryl methyl sites for hydroxylation is 1. The first-order chi connectivity index (χ1) is 14.0. The molecule has 1 aliphatic rings. The molecule has 4 rings (SSSR count). The van der Waals surface area contributed by atoms with Gasteiger partial charge in [-0.1, -0.05) is 29.8 Å². The fourth-order valence-electron chi connectivity index (χ4n) is 2.91. The Hall–Kier alpha value is -2.81. The van der Waals surface area contributed by atoms with Crippen molar-refractivity contribution < 1.29 is 9.90 Å². The number of nitrogens with one attached hydrogen (secondary N) is 2. The van der Waals surface area contributed by atoms with Gasteiger partial charge >= 0.3 is 0 Å². The summed E-state index contributed by atoms with van der Waals surface area (Å²) in [4.78, 5) is 21.4. The van der Waals surface area contributed by atoms with E-state index >= 15 is 0 Å². The zero-order valence-electron chi connectivity index (χ0n) is 15.5. The van der Waals surface area contributed by atoms with Gasteiger partial charge in [0.05, 0.1) is 33.3 Å². The summed E-state index contributed by atoms with van der Waals surface area (Å²) < 4.78 is 1.91. The number of aliphatic hydroxyl groups is 1. The van der Waals surface area contributed by atoms with Crippen LogP contribution in [0.5, 0.6) is 0 Å². The normalized spacial score (nSPS) is 15.2. The second-order valence-corrected chi connectivity index (χ2v) is 7.77. The number of amides is 1. The molecule has 3 aromatic rings. The number of aromatic nitrogens is 2. The smallest absolute Gasteiger partial charge is 0.286 e. The van der Waals surface area contributed by atoms with Gasteiger partial charge in [-0.3, -0.25) is 4.79 Å². The van der Waals surface area contributed by atoms with Crippen molar-refractivity contribution in [3.05, 3.63) is 58.0 Å². The third-order valence-corrected chi connectivity index (χ3v) is 5.56. The van der Waals surface area contributed by atoms with Gasteiger partial charge in [0.15, 0.2) is 5.17 Å².